The fraction of sp³-hybridized carbons (Fsp3) is 0.250. The Morgan fingerprint density at radius 1 is 1.38 bits per heavy atom. The number of halogens is 1. The monoisotopic (exact) mass is 279 g/mol. The lowest BCUT2D eigenvalue weighted by Gasteiger charge is -2.06. The molecule has 0 amide bonds. The molecule has 0 radical (unpaired) electrons. The first-order valence-electron chi connectivity index (χ1n) is 5.12. The first-order chi connectivity index (χ1) is 7.65. The van der Waals surface area contributed by atoms with Crippen molar-refractivity contribution in [2.75, 3.05) is 0 Å². The fourth-order valence-electron chi connectivity index (χ4n) is 1.82. The number of aromatic nitrogens is 2. The quantitative estimate of drug-likeness (QED) is 0.919. The zero-order valence-corrected chi connectivity index (χ0v) is 11.0. The lowest BCUT2D eigenvalue weighted by Crippen LogP contribution is -1.99. The number of benzene rings is 1. The van der Waals surface area contributed by atoms with Crippen molar-refractivity contribution in [2.24, 2.45) is 12.8 Å². The fourth-order valence-corrected chi connectivity index (χ4v) is 2.53. The first-order valence-corrected chi connectivity index (χ1v) is 5.92. The van der Waals surface area contributed by atoms with Crippen LogP contribution in [-0.4, -0.2) is 9.78 Å². The number of hydrogen-bond donors (Lipinski definition) is 1. The maximum Gasteiger partial charge on any atom is 0.0908 e. The molecule has 1 aromatic heterocycles. The van der Waals surface area contributed by atoms with E-state index in [1.54, 1.807) is 0 Å². The normalized spacial score (nSPS) is 10.8. The molecule has 0 aliphatic heterocycles. The minimum Gasteiger partial charge on any atom is -0.325 e. The van der Waals surface area contributed by atoms with Crippen molar-refractivity contribution >= 4 is 15.9 Å². The minimum atomic E-state index is 0.445. The summed E-state index contributed by atoms with van der Waals surface area (Å²) in [6.07, 6.45) is 0. The van der Waals surface area contributed by atoms with Crippen molar-refractivity contribution in [1.82, 2.24) is 9.78 Å². The summed E-state index contributed by atoms with van der Waals surface area (Å²) in [5.74, 6) is 0. The average molecular weight is 280 g/mol. The van der Waals surface area contributed by atoms with Gasteiger partial charge in [0, 0.05) is 19.2 Å². The molecule has 1 heterocycles. The third kappa shape index (κ3) is 1.79. The molecular weight excluding hydrogens is 266 g/mol. The summed E-state index contributed by atoms with van der Waals surface area (Å²) < 4.78 is 2.86. The molecule has 84 valence electrons. The summed E-state index contributed by atoms with van der Waals surface area (Å²) in [5.41, 5.74) is 10.0. The summed E-state index contributed by atoms with van der Waals surface area (Å²) in [6, 6.07) is 8.26. The molecule has 3 nitrogen and oxygen atoms in total. The summed E-state index contributed by atoms with van der Waals surface area (Å²) in [4.78, 5) is 0. The van der Waals surface area contributed by atoms with Gasteiger partial charge in [-0.1, -0.05) is 24.3 Å². The number of aryl methyl sites for hydroxylation is 2. The van der Waals surface area contributed by atoms with Crippen molar-refractivity contribution in [3.8, 4) is 11.3 Å². The Morgan fingerprint density at radius 2 is 2.06 bits per heavy atom. The lowest BCUT2D eigenvalue weighted by atomic mass is 10.1. The van der Waals surface area contributed by atoms with Crippen molar-refractivity contribution in [2.45, 2.75) is 13.5 Å². The second-order valence-corrected chi connectivity index (χ2v) is 4.54. The Morgan fingerprint density at radius 3 is 2.62 bits per heavy atom. The van der Waals surface area contributed by atoms with Gasteiger partial charge in [0.2, 0.25) is 0 Å². The molecule has 2 aromatic rings. The highest BCUT2D eigenvalue weighted by atomic mass is 79.9. The van der Waals surface area contributed by atoms with Crippen LogP contribution in [0.3, 0.4) is 0 Å². The van der Waals surface area contributed by atoms with Crippen LogP contribution in [0.15, 0.2) is 28.7 Å². The molecule has 0 fully saturated rings. The SMILES string of the molecule is Cc1ccccc1-c1c(Br)c(CN)nn1C. The van der Waals surface area contributed by atoms with E-state index in [-0.39, 0.29) is 0 Å². The molecule has 0 bridgehead atoms. The smallest absolute Gasteiger partial charge is 0.0908 e. The first kappa shape index (κ1) is 11.4. The zero-order valence-electron chi connectivity index (χ0n) is 9.37. The molecule has 16 heavy (non-hydrogen) atoms. The predicted molar refractivity (Wildman–Crippen MR) is 69.0 cm³/mol. The van der Waals surface area contributed by atoms with Crippen LogP contribution < -0.4 is 5.73 Å². The number of hydrogen-bond acceptors (Lipinski definition) is 2. The Bertz CT molecular complexity index is 517. The Kier molecular flexibility index (Phi) is 3.12. The van der Waals surface area contributed by atoms with Crippen LogP contribution in [0.4, 0.5) is 0 Å². The summed E-state index contributed by atoms with van der Waals surface area (Å²) in [5, 5.41) is 4.39. The largest absolute Gasteiger partial charge is 0.325 e. The highest BCUT2D eigenvalue weighted by Gasteiger charge is 2.15. The molecular formula is C12H14BrN3. The predicted octanol–water partition coefficient (Wildman–Crippen LogP) is 2.62. The highest BCUT2D eigenvalue weighted by molar-refractivity contribution is 9.10. The van der Waals surface area contributed by atoms with E-state index in [0.29, 0.717) is 6.54 Å². The van der Waals surface area contributed by atoms with Crippen LogP contribution in [0.2, 0.25) is 0 Å². The van der Waals surface area contributed by atoms with Gasteiger partial charge in [0.15, 0.2) is 0 Å². The van der Waals surface area contributed by atoms with E-state index in [0.717, 1.165) is 15.9 Å². The minimum absolute atomic E-state index is 0.445. The number of nitrogens with two attached hydrogens (primary N) is 1. The van der Waals surface area contributed by atoms with E-state index in [1.165, 1.54) is 11.1 Å². The maximum atomic E-state index is 5.64. The number of rotatable bonds is 2. The summed E-state index contributed by atoms with van der Waals surface area (Å²) >= 11 is 3.57. The van der Waals surface area contributed by atoms with Crippen molar-refractivity contribution < 1.29 is 0 Å². The molecule has 0 saturated carbocycles. The topological polar surface area (TPSA) is 43.8 Å². The molecule has 0 saturated heterocycles. The van der Waals surface area contributed by atoms with Crippen LogP contribution in [-0.2, 0) is 13.6 Å². The molecule has 0 aliphatic rings. The second kappa shape index (κ2) is 4.39. The van der Waals surface area contributed by atoms with E-state index in [1.807, 2.05) is 23.9 Å². The van der Waals surface area contributed by atoms with Gasteiger partial charge in [0.05, 0.1) is 15.9 Å². The van der Waals surface area contributed by atoms with Gasteiger partial charge >= 0.3 is 0 Å². The van der Waals surface area contributed by atoms with Gasteiger partial charge in [-0.05, 0) is 28.4 Å². The molecule has 1 aromatic carbocycles. The van der Waals surface area contributed by atoms with Crippen LogP contribution in [0, 0.1) is 6.92 Å². The van der Waals surface area contributed by atoms with Crippen LogP contribution in [0.1, 0.15) is 11.3 Å². The van der Waals surface area contributed by atoms with Crippen LogP contribution in [0.25, 0.3) is 11.3 Å². The van der Waals surface area contributed by atoms with Crippen LogP contribution >= 0.6 is 15.9 Å². The summed E-state index contributed by atoms with van der Waals surface area (Å²) in [6.45, 7) is 2.54. The molecule has 2 N–H and O–H groups in total. The van der Waals surface area contributed by atoms with E-state index in [9.17, 15) is 0 Å². The molecule has 0 unspecified atom stereocenters. The van der Waals surface area contributed by atoms with Crippen molar-refractivity contribution in [3.05, 3.63) is 40.0 Å². The third-order valence-corrected chi connectivity index (χ3v) is 3.48. The van der Waals surface area contributed by atoms with Gasteiger partial charge in [-0.2, -0.15) is 5.10 Å². The molecule has 4 heteroatoms. The van der Waals surface area contributed by atoms with E-state index < -0.39 is 0 Å². The molecule has 0 atom stereocenters. The Balaban J connectivity index is 2.65. The standard InChI is InChI=1S/C12H14BrN3/c1-8-5-3-4-6-9(8)12-11(13)10(7-14)15-16(12)2/h3-6H,7,14H2,1-2H3. The van der Waals surface area contributed by atoms with Crippen molar-refractivity contribution in [1.29, 1.82) is 0 Å². The van der Waals surface area contributed by atoms with Gasteiger partial charge in [-0.15, -0.1) is 0 Å². The van der Waals surface area contributed by atoms with Crippen molar-refractivity contribution in [3.63, 3.8) is 0 Å². The van der Waals surface area contributed by atoms with Gasteiger partial charge in [-0.3, -0.25) is 4.68 Å². The van der Waals surface area contributed by atoms with E-state index in [4.69, 9.17) is 5.73 Å². The van der Waals surface area contributed by atoms with Gasteiger partial charge in [0.1, 0.15) is 0 Å². The summed E-state index contributed by atoms with van der Waals surface area (Å²) in [7, 11) is 1.94. The third-order valence-electron chi connectivity index (χ3n) is 2.65. The second-order valence-electron chi connectivity index (χ2n) is 3.75. The van der Waals surface area contributed by atoms with E-state index in [2.05, 4.69) is 40.1 Å². The maximum absolute atomic E-state index is 5.64. The molecule has 2 rings (SSSR count). The average Bonchev–Trinajstić information content (AvgIpc) is 2.55. The van der Waals surface area contributed by atoms with Gasteiger partial charge in [0.25, 0.3) is 0 Å². The molecule has 0 spiro atoms. The number of nitrogens with zero attached hydrogens (tertiary/aromatic N) is 2. The molecule has 0 aliphatic carbocycles. The Hall–Kier alpha value is -1.13. The highest BCUT2D eigenvalue weighted by Crippen LogP contribution is 2.32. The van der Waals surface area contributed by atoms with Gasteiger partial charge < -0.3 is 5.73 Å². The van der Waals surface area contributed by atoms with E-state index >= 15 is 0 Å². The van der Waals surface area contributed by atoms with Gasteiger partial charge in [-0.25, -0.2) is 0 Å². The van der Waals surface area contributed by atoms with Crippen LogP contribution in [0.5, 0.6) is 0 Å². The zero-order chi connectivity index (χ0) is 11.7. The Labute approximate surface area is 103 Å². The lowest BCUT2D eigenvalue weighted by molar-refractivity contribution is 0.749.